The number of aromatic amines is 1. The molecular weight excluding hydrogens is 372 g/mol. The standard InChI is InChI=1S/C21H22N4O4/c1-4-29-17-7-5-6-15(10-17)21(26)25-23-13-16-12-22-24-20(16)14-8-9-18(27-2)19(11-14)28-3/h5-13H,4H2,1-3H3,(H,22,24)(H,25,26)/b23-13+. The number of carbonyl (C=O) groups is 1. The summed E-state index contributed by atoms with van der Waals surface area (Å²) in [6, 6.07) is 12.4. The third-order valence-electron chi connectivity index (χ3n) is 4.12. The first kappa shape index (κ1) is 19.9. The number of hydrogen-bond acceptors (Lipinski definition) is 6. The average molecular weight is 394 g/mol. The molecule has 0 bridgehead atoms. The Hall–Kier alpha value is -3.81. The highest BCUT2D eigenvalue weighted by molar-refractivity contribution is 5.96. The molecule has 8 heteroatoms. The van der Waals surface area contributed by atoms with Gasteiger partial charge in [0.25, 0.3) is 5.91 Å². The summed E-state index contributed by atoms with van der Waals surface area (Å²) in [5, 5.41) is 11.0. The molecule has 3 aromatic rings. The van der Waals surface area contributed by atoms with Gasteiger partial charge in [-0.2, -0.15) is 10.2 Å². The van der Waals surface area contributed by atoms with Crippen LogP contribution in [0.3, 0.4) is 0 Å². The molecule has 1 amide bonds. The minimum atomic E-state index is -0.334. The van der Waals surface area contributed by atoms with Crippen LogP contribution < -0.4 is 19.6 Å². The SMILES string of the molecule is CCOc1cccc(C(=O)N/N=C/c2cn[nH]c2-c2ccc(OC)c(OC)c2)c1. The highest BCUT2D eigenvalue weighted by Gasteiger charge is 2.11. The van der Waals surface area contributed by atoms with Gasteiger partial charge in [0, 0.05) is 16.7 Å². The normalized spacial score (nSPS) is 10.7. The maximum absolute atomic E-state index is 12.3. The second-order valence-corrected chi connectivity index (χ2v) is 5.93. The van der Waals surface area contributed by atoms with E-state index < -0.39 is 0 Å². The van der Waals surface area contributed by atoms with Gasteiger partial charge in [-0.25, -0.2) is 5.43 Å². The number of nitrogens with one attached hydrogen (secondary N) is 2. The molecule has 0 aliphatic carbocycles. The Morgan fingerprint density at radius 3 is 2.76 bits per heavy atom. The van der Waals surface area contributed by atoms with Gasteiger partial charge in [-0.3, -0.25) is 9.89 Å². The van der Waals surface area contributed by atoms with Gasteiger partial charge in [0.15, 0.2) is 11.5 Å². The van der Waals surface area contributed by atoms with Crippen LogP contribution in [0.25, 0.3) is 11.3 Å². The smallest absolute Gasteiger partial charge is 0.271 e. The first-order valence-corrected chi connectivity index (χ1v) is 8.98. The number of hydrazone groups is 1. The van der Waals surface area contributed by atoms with E-state index in [2.05, 4.69) is 20.7 Å². The molecule has 29 heavy (non-hydrogen) atoms. The van der Waals surface area contributed by atoms with Crippen molar-refractivity contribution in [3.8, 4) is 28.5 Å². The van der Waals surface area contributed by atoms with Crippen LogP contribution in [0.1, 0.15) is 22.8 Å². The number of ether oxygens (including phenoxy) is 3. The van der Waals surface area contributed by atoms with Gasteiger partial charge in [0.2, 0.25) is 0 Å². The third-order valence-corrected chi connectivity index (χ3v) is 4.12. The average Bonchev–Trinajstić information content (AvgIpc) is 3.22. The summed E-state index contributed by atoms with van der Waals surface area (Å²) in [6.07, 6.45) is 3.15. The van der Waals surface area contributed by atoms with E-state index in [4.69, 9.17) is 14.2 Å². The molecule has 1 heterocycles. The van der Waals surface area contributed by atoms with Gasteiger partial charge in [0.05, 0.1) is 38.9 Å². The van der Waals surface area contributed by atoms with Crippen LogP contribution in [0.5, 0.6) is 17.2 Å². The zero-order chi connectivity index (χ0) is 20.6. The highest BCUT2D eigenvalue weighted by atomic mass is 16.5. The van der Waals surface area contributed by atoms with Crippen LogP contribution in [-0.2, 0) is 0 Å². The molecule has 0 fully saturated rings. The molecule has 8 nitrogen and oxygen atoms in total. The molecule has 0 unspecified atom stereocenters. The predicted octanol–water partition coefficient (Wildman–Crippen LogP) is 3.26. The zero-order valence-corrected chi connectivity index (χ0v) is 16.4. The molecule has 3 rings (SSSR count). The van der Waals surface area contributed by atoms with E-state index in [1.165, 1.54) is 6.21 Å². The molecular formula is C21H22N4O4. The van der Waals surface area contributed by atoms with Gasteiger partial charge in [-0.05, 0) is 43.3 Å². The van der Waals surface area contributed by atoms with E-state index in [0.29, 0.717) is 35.0 Å². The Morgan fingerprint density at radius 1 is 1.17 bits per heavy atom. The van der Waals surface area contributed by atoms with E-state index in [9.17, 15) is 4.79 Å². The minimum absolute atomic E-state index is 0.334. The Labute approximate surface area is 168 Å². The van der Waals surface area contributed by atoms with Gasteiger partial charge >= 0.3 is 0 Å². The molecule has 0 saturated carbocycles. The Bertz CT molecular complexity index is 1010. The Kier molecular flexibility index (Phi) is 6.47. The lowest BCUT2D eigenvalue weighted by molar-refractivity contribution is 0.0954. The lowest BCUT2D eigenvalue weighted by Crippen LogP contribution is -2.17. The number of H-pyrrole nitrogens is 1. The molecule has 150 valence electrons. The van der Waals surface area contributed by atoms with Crippen molar-refractivity contribution in [2.45, 2.75) is 6.92 Å². The van der Waals surface area contributed by atoms with E-state index in [1.807, 2.05) is 25.1 Å². The monoisotopic (exact) mass is 394 g/mol. The van der Waals surface area contributed by atoms with E-state index in [-0.39, 0.29) is 5.91 Å². The first-order chi connectivity index (χ1) is 14.2. The fourth-order valence-electron chi connectivity index (χ4n) is 2.74. The van der Waals surface area contributed by atoms with E-state index in [1.54, 1.807) is 44.7 Å². The maximum atomic E-state index is 12.3. The molecule has 2 aromatic carbocycles. The number of rotatable bonds is 8. The summed E-state index contributed by atoms with van der Waals surface area (Å²) in [5.41, 5.74) is 5.27. The van der Waals surface area contributed by atoms with Crippen molar-refractivity contribution in [2.24, 2.45) is 5.10 Å². The van der Waals surface area contributed by atoms with Crippen molar-refractivity contribution in [1.82, 2.24) is 15.6 Å². The predicted molar refractivity (Wildman–Crippen MR) is 110 cm³/mol. The summed E-state index contributed by atoms with van der Waals surface area (Å²) in [5.74, 6) is 1.53. The highest BCUT2D eigenvalue weighted by Crippen LogP contribution is 2.32. The zero-order valence-electron chi connectivity index (χ0n) is 16.4. The number of amides is 1. The third kappa shape index (κ3) is 4.73. The second-order valence-electron chi connectivity index (χ2n) is 5.93. The fourth-order valence-corrected chi connectivity index (χ4v) is 2.74. The van der Waals surface area contributed by atoms with Crippen LogP contribution >= 0.6 is 0 Å². The summed E-state index contributed by atoms with van der Waals surface area (Å²) < 4.78 is 16.0. The van der Waals surface area contributed by atoms with Crippen molar-refractivity contribution < 1.29 is 19.0 Å². The summed E-state index contributed by atoms with van der Waals surface area (Å²) in [7, 11) is 3.16. The van der Waals surface area contributed by atoms with Crippen molar-refractivity contribution >= 4 is 12.1 Å². The van der Waals surface area contributed by atoms with Crippen LogP contribution in [0.2, 0.25) is 0 Å². The van der Waals surface area contributed by atoms with Gasteiger partial charge in [-0.15, -0.1) is 0 Å². The van der Waals surface area contributed by atoms with Gasteiger partial charge in [-0.1, -0.05) is 6.07 Å². The van der Waals surface area contributed by atoms with Crippen LogP contribution in [-0.4, -0.2) is 43.1 Å². The maximum Gasteiger partial charge on any atom is 0.271 e. The molecule has 0 spiro atoms. The number of nitrogens with zero attached hydrogens (tertiary/aromatic N) is 2. The first-order valence-electron chi connectivity index (χ1n) is 8.98. The molecule has 0 radical (unpaired) electrons. The quantitative estimate of drug-likeness (QED) is 0.451. The topological polar surface area (TPSA) is 97.8 Å². The number of benzene rings is 2. The number of methoxy groups -OCH3 is 2. The molecule has 0 aliphatic heterocycles. The van der Waals surface area contributed by atoms with Crippen LogP contribution in [0, 0.1) is 0 Å². The van der Waals surface area contributed by atoms with E-state index >= 15 is 0 Å². The fraction of sp³-hybridized carbons (Fsp3) is 0.190. The summed E-state index contributed by atoms with van der Waals surface area (Å²) >= 11 is 0. The van der Waals surface area contributed by atoms with Crippen LogP contribution in [0.4, 0.5) is 0 Å². The number of hydrogen-bond donors (Lipinski definition) is 2. The molecule has 0 aliphatic rings. The number of carbonyl (C=O) groups excluding carboxylic acids is 1. The lowest BCUT2D eigenvalue weighted by Gasteiger charge is -2.09. The van der Waals surface area contributed by atoms with Crippen molar-refractivity contribution in [3.05, 3.63) is 59.8 Å². The van der Waals surface area contributed by atoms with Crippen molar-refractivity contribution in [1.29, 1.82) is 0 Å². The summed E-state index contributed by atoms with van der Waals surface area (Å²) in [4.78, 5) is 12.3. The molecule has 2 N–H and O–H groups in total. The number of aromatic nitrogens is 2. The molecule has 1 aromatic heterocycles. The van der Waals surface area contributed by atoms with E-state index in [0.717, 1.165) is 11.3 Å². The molecule has 0 atom stereocenters. The Balaban J connectivity index is 1.74. The largest absolute Gasteiger partial charge is 0.494 e. The Morgan fingerprint density at radius 2 is 2.00 bits per heavy atom. The van der Waals surface area contributed by atoms with Gasteiger partial charge < -0.3 is 14.2 Å². The van der Waals surface area contributed by atoms with Crippen molar-refractivity contribution in [2.75, 3.05) is 20.8 Å². The van der Waals surface area contributed by atoms with Gasteiger partial charge in [0.1, 0.15) is 5.75 Å². The molecule has 0 saturated heterocycles. The minimum Gasteiger partial charge on any atom is -0.494 e. The second kappa shape index (κ2) is 9.41. The summed E-state index contributed by atoms with van der Waals surface area (Å²) in [6.45, 7) is 2.42. The van der Waals surface area contributed by atoms with Crippen molar-refractivity contribution in [3.63, 3.8) is 0 Å². The van der Waals surface area contributed by atoms with Crippen LogP contribution in [0.15, 0.2) is 53.8 Å². The lowest BCUT2D eigenvalue weighted by atomic mass is 10.1.